The second-order valence-electron chi connectivity index (χ2n) is 7.52. The quantitative estimate of drug-likeness (QED) is 0.129. The zero-order valence-electron chi connectivity index (χ0n) is 18.4. The SMILES string of the molecule is CCCCCCCCCCCC/C=C(/OC(=O)c1ccccc1OC(C)=O)C(F)(F)F. The molecular weight excluding hydrogens is 409 g/mol. The molecule has 0 heterocycles. The van der Waals surface area contributed by atoms with Gasteiger partial charge in [0.2, 0.25) is 5.76 Å². The van der Waals surface area contributed by atoms with E-state index >= 15 is 0 Å². The molecule has 1 aromatic rings. The van der Waals surface area contributed by atoms with E-state index in [9.17, 15) is 22.8 Å². The maximum absolute atomic E-state index is 13.3. The number of hydrogen-bond donors (Lipinski definition) is 0. The Hall–Kier alpha value is -2.31. The van der Waals surface area contributed by atoms with Crippen molar-refractivity contribution in [3.05, 3.63) is 41.7 Å². The average Bonchev–Trinajstić information content (AvgIpc) is 2.70. The van der Waals surface area contributed by atoms with Crippen molar-refractivity contribution in [3.63, 3.8) is 0 Å². The van der Waals surface area contributed by atoms with Crippen LogP contribution in [0, 0.1) is 0 Å². The summed E-state index contributed by atoms with van der Waals surface area (Å²) in [6, 6.07) is 5.51. The monoisotopic (exact) mass is 442 g/mol. The fraction of sp³-hybridized carbons (Fsp3) is 0.583. The van der Waals surface area contributed by atoms with Crippen molar-refractivity contribution in [1.82, 2.24) is 0 Å². The number of rotatable bonds is 14. The highest BCUT2D eigenvalue weighted by Crippen LogP contribution is 2.29. The van der Waals surface area contributed by atoms with Crippen LogP contribution in [0.5, 0.6) is 5.75 Å². The number of unbranched alkanes of at least 4 members (excludes halogenated alkanes) is 10. The highest BCUT2D eigenvalue weighted by Gasteiger charge is 2.37. The molecule has 0 radical (unpaired) electrons. The van der Waals surface area contributed by atoms with Crippen LogP contribution in [-0.4, -0.2) is 18.1 Å². The van der Waals surface area contributed by atoms with Gasteiger partial charge in [-0.05, 0) is 31.1 Å². The summed E-state index contributed by atoms with van der Waals surface area (Å²) in [7, 11) is 0. The summed E-state index contributed by atoms with van der Waals surface area (Å²) in [5, 5.41) is 0. The van der Waals surface area contributed by atoms with Gasteiger partial charge in [0, 0.05) is 6.92 Å². The van der Waals surface area contributed by atoms with Gasteiger partial charge < -0.3 is 9.47 Å². The molecular formula is C24H33F3O4. The maximum Gasteiger partial charge on any atom is 0.449 e. The molecule has 0 bridgehead atoms. The number of carbonyl (C=O) groups is 2. The highest BCUT2D eigenvalue weighted by atomic mass is 19.4. The fourth-order valence-corrected chi connectivity index (χ4v) is 3.11. The first-order valence-corrected chi connectivity index (χ1v) is 11.0. The first-order chi connectivity index (χ1) is 14.8. The van der Waals surface area contributed by atoms with Crippen molar-refractivity contribution in [2.24, 2.45) is 0 Å². The van der Waals surface area contributed by atoms with Crippen molar-refractivity contribution >= 4 is 11.9 Å². The lowest BCUT2D eigenvalue weighted by molar-refractivity contribution is -0.132. The van der Waals surface area contributed by atoms with Gasteiger partial charge in [0.15, 0.2) is 0 Å². The van der Waals surface area contributed by atoms with E-state index < -0.39 is 23.9 Å². The Labute approximate surface area is 182 Å². The van der Waals surface area contributed by atoms with E-state index in [-0.39, 0.29) is 17.7 Å². The fourth-order valence-electron chi connectivity index (χ4n) is 3.11. The Morgan fingerprint density at radius 1 is 0.903 bits per heavy atom. The molecule has 7 heteroatoms. The zero-order valence-corrected chi connectivity index (χ0v) is 18.4. The van der Waals surface area contributed by atoms with Crippen LogP contribution in [0.25, 0.3) is 0 Å². The summed E-state index contributed by atoms with van der Waals surface area (Å²) in [5.74, 6) is -3.39. The number of hydrogen-bond acceptors (Lipinski definition) is 4. The van der Waals surface area contributed by atoms with Gasteiger partial charge >= 0.3 is 18.1 Å². The number of para-hydroxylation sites is 1. The molecule has 0 spiro atoms. The second kappa shape index (κ2) is 14.7. The molecule has 0 amide bonds. The van der Waals surface area contributed by atoms with E-state index in [1.54, 1.807) is 0 Å². The van der Waals surface area contributed by atoms with Crippen LogP contribution in [0.3, 0.4) is 0 Å². The normalized spacial score (nSPS) is 12.0. The van der Waals surface area contributed by atoms with Crippen molar-refractivity contribution in [1.29, 1.82) is 0 Å². The van der Waals surface area contributed by atoms with Crippen molar-refractivity contribution in [2.45, 2.75) is 90.7 Å². The van der Waals surface area contributed by atoms with Gasteiger partial charge in [0.25, 0.3) is 0 Å². The molecule has 174 valence electrons. The molecule has 0 aliphatic carbocycles. The van der Waals surface area contributed by atoms with Crippen LogP contribution in [0.2, 0.25) is 0 Å². The summed E-state index contributed by atoms with van der Waals surface area (Å²) in [4.78, 5) is 23.4. The molecule has 1 rings (SSSR count). The number of alkyl halides is 3. The third kappa shape index (κ3) is 11.6. The first kappa shape index (κ1) is 26.7. The molecule has 0 atom stereocenters. The third-order valence-electron chi connectivity index (χ3n) is 4.73. The Morgan fingerprint density at radius 3 is 2.00 bits per heavy atom. The van der Waals surface area contributed by atoms with Gasteiger partial charge in [0.05, 0.1) is 0 Å². The molecule has 0 aliphatic rings. The van der Waals surface area contributed by atoms with E-state index in [4.69, 9.17) is 4.74 Å². The van der Waals surface area contributed by atoms with E-state index in [0.717, 1.165) is 38.7 Å². The van der Waals surface area contributed by atoms with Gasteiger partial charge in [0.1, 0.15) is 11.3 Å². The molecule has 0 saturated carbocycles. The topological polar surface area (TPSA) is 52.6 Å². The lowest BCUT2D eigenvalue weighted by atomic mass is 10.1. The van der Waals surface area contributed by atoms with Gasteiger partial charge in [-0.2, -0.15) is 13.2 Å². The molecule has 1 aromatic carbocycles. The van der Waals surface area contributed by atoms with E-state index in [1.165, 1.54) is 56.4 Å². The molecule has 0 aliphatic heterocycles. The smallest absolute Gasteiger partial charge is 0.426 e. The largest absolute Gasteiger partial charge is 0.449 e. The van der Waals surface area contributed by atoms with Gasteiger partial charge in [-0.25, -0.2) is 4.79 Å². The molecule has 0 N–H and O–H groups in total. The Balaban J connectivity index is 2.51. The first-order valence-electron chi connectivity index (χ1n) is 11.0. The second-order valence-corrected chi connectivity index (χ2v) is 7.52. The molecule has 31 heavy (non-hydrogen) atoms. The lowest BCUT2D eigenvalue weighted by Crippen LogP contribution is -2.19. The maximum atomic E-state index is 13.3. The summed E-state index contributed by atoms with van der Waals surface area (Å²) in [6.07, 6.45) is 7.18. The predicted molar refractivity (Wildman–Crippen MR) is 114 cm³/mol. The van der Waals surface area contributed by atoms with Gasteiger partial charge in [-0.15, -0.1) is 0 Å². The number of halogens is 3. The minimum absolute atomic E-state index is 0.142. The van der Waals surface area contributed by atoms with Crippen LogP contribution in [-0.2, 0) is 9.53 Å². The summed E-state index contributed by atoms with van der Waals surface area (Å²) >= 11 is 0. The number of ether oxygens (including phenoxy) is 2. The van der Waals surface area contributed by atoms with E-state index in [1.807, 2.05) is 0 Å². The number of allylic oxidation sites excluding steroid dienone is 2. The van der Waals surface area contributed by atoms with Gasteiger partial charge in [-0.1, -0.05) is 76.8 Å². The number of esters is 2. The van der Waals surface area contributed by atoms with Gasteiger partial charge in [-0.3, -0.25) is 4.79 Å². The Kier molecular flexibility index (Phi) is 12.6. The molecule has 0 aromatic heterocycles. The van der Waals surface area contributed by atoms with E-state index in [0.29, 0.717) is 6.42 Å². The van der Waals surface area contributed by atoms with E-state index in [2.05, 4.69) is 11.7 Å². The molecule has 0 saturated heterocycles. The molecule has 0 unspecified atom stereocenters. The molecule has 4 nitrogen and oxygen atoms in total. The lowest BCUT2D eigenvalue weighted by Gasteiger charge is -2.13. The predicted octanol–water partition coefficient (Wildman–Crippen LogP) is 7.53. The van der Waals surface area contributed by atoms with Crippen LogP contribution >= 0.6 is 0 Å². The van der Waals surface area contributed by atoms with Crippen molar-refractivity contribution < 1.29 is 32.2 Å². The number of benzene rings is 1. The third-order valence-corrected chi connectivity index (χ3v) is 4.73. The highest BCUT2D eigenvalue weighted by molar-refractivity contribution is 5.94. The minimum atomic E-state index is -4.79. The summed E-state index contributed by atoms with van der Waals surface area (Å²) in [5.41, 5.74) is -0.244. The van der Waals surface area contributed by atoms with Crippen LogP contribution < -0.4 is 4.74 Å². The minimum Gasteiger partial charge on any atom is -0.426 e. The Bertz CT molecular complexity index is 711. The van der Waals surface area contributed by atoms with Crippen LogP contribution in [0.15, 0.2) is 36.1 Å². The van der Waals surface area contributed by atoms with Crippen LogP contribution in [0.1, 0.15) is 94.8 Å². The van der Waals surface area contributed by atoms with Crippen molar-refractivity contribution in [2.75, 3.05) is 0 Å². The number of carbonyl (C=O) groups excluding carboxylic acids is 2. The summed E-state index contributed by atoms with van der Waals surface area (Å²) in [6.45, 7) is 3.32. The van der Waals surface area contributed by atoms with Crippen LogP contribution in [0.4, 0.5) is 13.2 Å². The summed E-state index contributed by atoms with van der Waals surface area (Å²) < 4.78 is 49.3. The van der Waals surface area contributed by atoms with Crippen molar-refractivity contribution in [3.8, 4) is 5.75 Å². The Morgan fingerprint density at radius 2 is 1.45 bits per heavy atom. The standard InChI is InChI=1S/C24H33F3O4/c1-3-4-5-6-7-8-9-10-11-12-13-18-22(24(25,26)27)31-23(29)20-16-14-15-17-21(20)30-19(2)28/h14-18H,3-13H2,1-2H3/b22-18+. The molecule has 0 fully saturated rings. The zero-order chi connectivity index (χ0) is 23.1. The average molecular weight is 443 g/mol.